The zero-order valence-electron chi connectivity index (χ0n) is 19.8. The molecule has 1 heterocycles. The van der Waals surface area contributed by atoms with Crippen LogP contribution in [0.3, 0.4) is 0 Å². The molecule has 0 radical (unpaired) electrons. The van der Waals surface area contributed by atoms with E-state index >= 15 is 0 Å². The van der Waals surface area contributed by atoms with Crippen LogP contribution in [0.5, 0.6) is 0 Å². The molecule has 1 aromatic rings. The lowest BCUT2D eigenvalue weighted by Crippen LogP contribution is -2.36. The predicted molar refractivity (Wildman–Crippen MR) is 137 cm³/mol. The van der Waals surface area contributed by atoms with Gasteiger partial charge in [-0.25, -0.2) is 0 Å². The Bertz CT molecular complexity index is 1040. The van der Waals surface area contributed by atoms with E-state index in [9.17, 15) is 14.7 Å². The summed E-state index contributed by atoms with van der Waals surface area (Å²) >= 11 is 5.17. The predicted octanol–water partition coefficient (Wildman–Crippen LogP) is 5.40. The number of ether oxygens (including phenoxy) is 1. The van der Waals surface area contributed by atoms with Crippen molar-refractivity contribution in [3.8, 4) is 0 Å². The average molecular weight is 483 g/mol. The van der Waals surface area contributed by atoms with Crippen LogP contribution in [-0.2, 0) is 14.3 Å². The minimum Gasteiger partial charge on any atom is -0.504 e. The Morgan fingerprint density at radius 1 is 0.971 bits per heavy atom. The van der Waals surface area contributed by atoms with E-state index in [2.05, 4.69) is 6.92 Å². The number of rotatable bonds is 12. The lowest BCUT2D eigenvalue weighted by molar-refractivity contribution is -0.120. The molecule has 1 aliphatic heterocycles. The molecule has 0 aromatic heterocycles. The van der Waals surface area contributed by atoms with Gasteiger partial charge >= 0.3 is 0 Å². The summed E-state index contributed by atoms with van der Waals surface area (Å²) in [5.41, 5.74) is 13.1. The molecule has 0 spiro atoms. The first-order chi connectivity index (χ1) is 16.4. The highest BCUT2D eigenvalue weighted by atomic mass is 32.1. The summed E-state index contributed by atoms with van der Waals surface area (Å²) in [5.74, 6) is -2.68. The molecule has 6 nitrogen and oxygen atoms in total. The normalized spacial score (nSPS) is 18.3. The topological polar surface area (TPSA) is 116 Å². The smallest absolute Gasteiger partial charge is 0.228 e. The van der Waals surface area contributed by atoms with Crippen LogP contribution in [0.1, 0.15) is 82.6 Å². The molecule has 0 amide bonds. The largest absolute Gasteiger partial charge is 0.504 e. The SMILES string of the molecule is CCCCCCCCCCCC1=C(O)C(=O)C2=C(OC(N)=C(C(N)=S)C2c2ccccc2)C1=O. The van der Waals surface area contributed by atoms with E-state index in [1.807, 2.05) is 6.07 Å². The van der Waals surface area contributed by atoms with E-state index in [4.69, 9.17) is 28.4 Å². The van der Waals surface area contributed by atoms with Gasteiger partial charge in [0.05, 0.1) is 17.1 Å². The third kappa shape index (κ3) is 5.58. The fraction of sp³-hybridized carbons (Fsp3) is 0.444. The van der Waals surface area contributed by atoms with Gasteiger partial charge in [0.1, 0.15) is 4.99 Å². The standard InChI is InChI=1S/C27H34N2O4S/c1-2-3-4-5-6-7-8-9-13-16-18-22(30)24(32)20-19(17-14-11-10-12-15-17)21(27(29)34)26(28)33-25(20)23(18)31/h10-12,14-15,19,30H,2-9,13,16,28H2,1H3,(H2,29,34). The number of aliphatic hydroxyl groups excluding tert-OH is 1. The van der Waals surface area contributed by atoms with Gasteiger partial charge in [0.2, 0.25) is 11.6 Å². The number of nitrogens with two attached hydrogens (primary N) is 2. The lowest BCUT2D eigenvalue weighted by Gasteiger charge is -2.32. The van der Waals surface area contributed by atoms with E-state index in [0.717, 1.165) is 19.3 Å². The summed E-state index contributed by atoms with van der Waals surface area (Å²) < 4.78 is 5.62. The maximum atomic E-state index is 13.3. The monoisotopic (exact) mass is 482 g/mol. The molecule has 1 aromatic carbocycles. The number of unbranched alkanes of at least 4 members (excludes halogenated alkanes) is 8. The third-order valence-electron chi connectivity index (χ3n) is 6.45. The number of thiocarbonyl (C=S) groups is 1. The van der Waals surface area contributed by atoms with Crippen LogP contribution in [0, 0.1) is 0 Å². The second kappa shape index (κ2) is 12.0. The van der Waals surface area contributed by atoms with Crippen molar-refractivity contribution in [3.05, 3.63) is 70.0 Å². The van der Waals surface area contributed by atoms with Gasteiger partial charge in [0, 0.05) is 5.57 Å². The molecule has 0 bridgehead atoms. The zero-order valence-corrected chi connectivity index (χ0v) is 20.6. The number of hydrogen-bond acceptors (Lipinski definition) is 6. The molecule has 1 atom stereocenters. The Morgan fingerprint density at radius 2 is 1.56 bits per heavy atom. The summed E-state index contributed by atoms with van der Waals surface area (Å²) in [7, 11) is 0. The lowest BCUT2D eigenvalue weighted by atomic mass is 9.76. The van der Waals surface area contributed by atoms with Crippen molar-refractivity contribution >= 4 is 28.8 Å². The second-order valence-corrected chi connectivity index (χ2v) is 9.33. The van der Waals surface area contributed by atoms with Gasteiger partial charge in [0.25, 0.3) is 0 Å². The van der Waals surface area contributed by atoms with E-state index in [1.54, 1.807) is 24.3 Å². The fourth-order valence-corrected chi connectivity index (χ4v) is 4.85. The van der Waals surface area contributed by atoms with Crippen LogP contribution in [0.15, 0.2) is 64.5 Å². The summed E-state index contributed by atoms with van der Waals surface area (Å²) in [4.78, 5) is 26.5. The highest BCUT2D eigenvalue weighted by Gasteiger charge is 2.45. The summed E-state index contributed by atoms with van der Waals surface area (Å²) in [6.45, 7) is 2.21. The maximum Gasteiger partial charge on any atom is 0.228 e. The number of allylic oxidation sites excluding steroid dienone is 2. The Balaban J connectivity index is 1.74. The number of Topliss-reactive ketones (excluding diaryl/α,β-unsaturated/α-hetero) is 2. The average Bonchev–Trinajstić information content (AvgIpc) is 2.83. The molecule has 1 aliphatic carbocycles. The minimum absolute atomic E-state index is 0.0258. The van der Waals surface area contributed by atoms with E-state index in [1.165, 1.54) is 32.1 Å². The minimum atomic E-state index is -0.782. The first kappa shape index (κ1) is 25.7. The first-order valence-electron chi connectivity index (χ1n) is 12.2. The highest BCUT2D eigenvalue weighted by Crippen LogP contribution is 2.44. The fourth-order valence-electron chi connectivity index (χ4n) is 4.64. The number of ketones is 2. The number of hydrogen-bond donors (Lipinski definition) is 3. The summed E-state index contributed by atoms with van der Waals surface area (Å²) in [6, 6.07) is 9.03. The van der Waals surface area contributed by atoms with E-state index in [0.29, 0.717) is 18.4 Å². The van der Waals surface area contributed by atoms with E-state index in [-0.39, 0.29) is 33.4 Å². The number of carbonyl (C=O) groups excluding carboxylic acids is 2. The first-order valence-corrected chi connectivity index (χ1v) is 12.6. The second-order valence-electron chi connectivity index (χ2n) is 8.89. The van der Waals surface area contributed by atoms with Crippen LogP contribution in [0.2, 0.25) is 0 Å². The zero-order chi connectivity index (χ0) is 24.7. The van der Waals surface area contributed by atoms with Gasteiger partial charge in [-0.05, 0) is 18.4 Å². The molecule has 1 unspecified atom stereocenters. The number of carbonyl (C=O) groups is 2. The van der Waals surface area contributed by atoms with Crippen molar-refractivity contribution in [1.82, 2.24) is 0 Å². The third-order valence-corrected chi connectivity index (χ3v) is 6.67. The van der Waals surface area contributed by atoms with Crippen LogP contribution >= 0.6 is 12.2 Å². The van der Waals surface area contributed by atoms with Crippen molar-refractivity contribution < 1.29 is 19.4 Å². The van der Waals surface area contributed by atoms with Crippen LogP contribution < -0.4 is 11.5 Å². The molecule has 34 heavy (non-hydrogen) atoms. The van der Waals surface area contributed by atoms with E-state index < -0.39 is 23.2 Å². The van der Waals surface area contributed by atoms with Gasteiger partial charge in [-0.3, -0.25) is 9.59 Å². The molecule has 5 N–H and O–H groups in total. The van der Waals surface area contributed by atoms with Crippen molar-refractivity contribution in [2.45, 2.75) is 77.0 Å². The molecule has 0 fully saturated rings. The molecule has 2 aliphatic rings. The number of aliphatic hydroxyl groups is 1. The Kier molecular flexibility index (Phi) is 9.05. The van der Waals surface area contributed by atoms with Crippen molar-refractivity contribution in [2.75, 3.05) is 0 Å². The molecule has 3 rings (SSSR count). The van der Waals surface area contributed by atoms with Gasteiger partial charge in [-0.2, -0.15) is 0 Å². The Morgan fingerprint density at radius 3 is 2.15 bits per heavy atom. The quantitative estimate of drug-likeness (QED) is 0.208. The van der Waals surface area contributed by atoms with Crippen molar-refractivity contribution in [3.63, 3.8) is 0 Å². The van der Waals surface area contributed by atoms with Crippen molar-refractivity contribution in [1.29, 1.82) is 0 Å². The Labute approximate surface area is 206 Å². The van der Waals surface area contributed by atoms with Gasteiger partial charge in [-0.15, -0.1) is 0 Å². The molecule has 182 valence electrons. The summed E-state index contributed by atoms with van der Waals surface area (Å²) in [6.07, 6.45) is 10.4. The Hall–Kier alpha value is -2.93. The van der Waals surface area contributed by atoms with Crippen LogP contribution in [-0.4, -0.2) is 21.7 Å². The molecule has 0 saturated carbocycles. The van der Waals surface area contributed by atoms with Gasteiger partial charge in [-0.1, -0.05) is 101 Å². The molecular formula is C27H34N2O4S. The molecule has 7 heteroatoms. The summed E-state index contributed by atoms with van der Waals surface area (Å²) in [5, 5.41) is 10.7. The molecule has 0 saturated heterocycles. The van der Waals surface area contributed by atoms with Gasteiger partial charge < -0.3 is 21.3 Å². The highest BCUT2D eigenvalue weighted by molar-refractivity contribution is 7.80. The van der Waals surface area contributed by atoms with Crippen molar-refractivity contribution in [2.24, 2.45) is 11.5 Å². The maximum absolute atomic E-state index is 13.3. The number of benzene rings is 1. The molecular weight excluding hydrogens is 448 g/mol. The van der Waals surface area contributed by atoms with Crippen LogP contribution in [0.25, 0.3) is 0 Å². The van der Waals surface area contributed by atoms with Gasteiger partial charge in [0.15, 0.2) is 17.4 Å². The van der Waals surface area contributed by atoms with Crippen LogP contribution in [0.4, 0.5) is 0 Å².